The van der Waals surface area contributed by atoms with Crippen molar-refractivity contribution in [3.63, 3.8) is 0 Å². The minimum Gasteiger partial charge on any atom is -0.508 e. The second-order valence-electron chi connectivity index (χ2n) is 4.24. The highest BCUT2D eigenvalue weighted by Gasteiger charge is 2.16. The molecule has 0 amide bonds. The number of hydrogen-bond donors (Lipinski definition) is 2. The van der Waals surface area contributed by atoms with Crippen LogP contribution < -0.4 is 5.73 Å². The van der Waals surface area contributed by atoms with Crippen LogP contribution in [-0.2, 0) is 0 Å². The first kappa shape index (κ1) is 12.4. The van der Waals surface area contributed by atoms with Gasteiger partial charge in [0.15, 0.2) is 0 Å². The number of nitro benzene ring substituents is 1. The zero-order valence-electron chi connectivity index (χ0n) is 9.38. The van der Waals surface area contributed by atoms with Gasteiger partial charge in [0.2, 0.25) is 0 Å². The van der Waals surface area contributed by atoms with Gasteiger partial charge in [-0.1, -0.05) is 13.8 Å². The average molecular weight is 224 g/mol. The molecule has 1 aromatic rings. The molecule has 0 fully saturated rings. The largest absolute Gasteiger partial charge is 0.508 e. The third kappa shape index (κ3) is 2.93. The van der Waals surface area contributed by atoms with E-state index in [0.717, 1.165) is 0 Å². The highest BCUT2D eigenvalue weighted by atomic mass is 16.6. The van der Waals surface area contributed by atoms with E-state index >= 15 is 0 Å². The Balaban J connectivity index is 3.02. The maximum Gasteiger partial charge on any atom is 0.270 e. The van der Waals surface area contributed by atoms with E-state index in [4.69, 9.17) is 5.73 Å². The lowest BCUT2D eigenvalue weighted by Crippen LogP contribution is -2.13. The van der Waals surface area contributed by atoms with Gasteiger partial charge in [0.1, 0.15) is 5.75 Å². The van der Waals surface area contributed by atoms with Crippen molar-refractivity contribution in [2.24, 2.45) is 11.7 Å². The maximum atomic E-state index is 10.6. The van der Waals surface area contributed by atoms with E-state index in [0.29, 0.717) is 17.9 Å². The number of benzene rings is 1. The van der Waals surface area contributed by atoms with Crippen LogP contribution in [0.15, 0.2) is 18.2 Å². The molecule has 1 rings (SSSR count). The molecule has 0 saturated heterocycles. The minimum absolute atomic E-state index is 0.0127. The van der Waals surface area contributed by atoms with Crippen molar-refractivity contribution < 1.29 is 10.0 Å². The molecule has 0 saturated carbocycles. The van der Waals surface area contributed by atoms with Crippen molar-refractivity contribution in [3.8, 4) is 5.75 Å². The van der Waals surface area contributed by atoms with Crippen molar-refractivity contribution in [3.05, 3.63) is 33.9 Å². The predicted octanol–water partition coefficient (Wildman–Crippen LogP) is 2.35. The van der Waals surface area contributed by atoms with Gasteiger partial charge >= 0.3 is 0 Å². The van der Waals surface area contributed by atoms with Gasteiger partial charge in [-0.25, -0.2) is 0 Å². The number of non-ortho nitro benzene ring substituents is 1. The van der Waals surface area contributed by atoms with Crippen molar-refractivity contribution in [1.82, 2.24) is 0 Å². The van der Waals surface area contributed by atoms with Gasteiger partial charge in [0, 0.05) is 23.7 Å². The monoisotopic (exact) mass is 224 g/mol. The lowest BCUT2D eigenvalue weighted by molar-refractivity contribution is -0.385. The van der Waals surface area contributed by atoms with E-state index in [-0.39, 0.29) is 17.5 Å². The second kappa shape index (κ2) is 4.94. The van der Waals surface area contributed by atoms with E-state index in [1.54, 1.807) is 0 Å². The Labute approximate surface area is 94.0 Å². The molecule has 0 aliphatic rings. The fraction of sp³-hybridized carbons (Fsp3) is 0.455. The Bertz CT molecular complexity index is 391. The molecule has 16 heavy (non-hydrogen) atoms. The van der Waals surface area contributed by atoms with Crippen LogP contribution in [0, 0.1) is 16.0 Å². The Morgan fingerprint density at radius 2 is 2.12 bits per heavy atom. The lowest BCUT2D eigenvalue weighted by atomic mass is 9.97. The van der Waals surface area contributed by atoms with Crippen molar-refractivity contribution >= 4 is 5.69 Å². The zero-order valence-corrected chi connectivity index (χ0v) is 9.38. The van der Waals surface area contributed by atoms with Crippen LogP contribution in [0.3, 0.4) is 0 Å². The summed E-state index contributed by atoms with van der Waals surface area (Å²) in [5, 5.41) is 20.2. The van der Waals surface area contributed by atoms with Crippen LogP contribution in [-0.4, -0.2) is 10.0 Å². The second-order valence-corrected chi connectivity index (χ2v) is 4.24. The summed E-state index contributed by atoms with van der Waals surface area (Å²) in [7, 11) is 0. The van der Waals surface area contributed by atoms with Gasteiger partial charge in [-0.05, 0) is 18.4 Å². The van der Waals surface area contributed by atoms with Crippen molar-refractivity contribution in [2.45, 2.75) is 26.3 Å². The Morgan fingerprint density at radius 3 is 2.62 bits per heavy atom. The molecule has 1 atom stereocenters. The minimum atomic E-state index is -0.495. The third-order valence-electron chi connectivity index (χ3n) is 2.35. The van der Waals surface area contributed by atoms with Crippen LogP contribution in [0.25, 0.3) is 0 Å². The van der Waals surface area contributed by atoms with Crippen LogP contribution in [0.4, 0.5) is 5.69 Å². The fourth-order valence-corrected chi connectivity index (χ4v) is 1.59. The molecular formula is C11H16N2O3. The number of nitro groups is 1. The molecule has 5 nitrogen and oxygen atoms in total. The first-order chi connectivity index (χ1) is 7.41. The van der Waals surface area contributed by atoms with E-state index in [9.17, 15) is 15.2 Å². The number of phenols is 1. The number of nitrogens with two attached hydrogens (primary N) is 1. The molecule has 1 aromatic carbocycles. The maximum absolute atomic E-state index is 10.6. The predicted molar refractivity (Wildman–Crippen MR) is 61.1 cm³/mol. The van der Waals surface area contributed by atoms with Gasteiger partial charge < -0.3 is 10.8 Å². The summed E-state index contributed by atoms with van der Waals surface area (Å²) < 4.78 is 0. The van der Waals surface area contributed by atoms with Crippen LogP contribution in [0.5, 0.6) is 5.75 Å². The lowest BCUT2D eigenvalue weighted by Gasteiger charge is -2.15. The Hall–Kier alpha value is -1.62. The number of phenolic OH excluding ortho intramolecular Hbond substituents is 1. The smallest absolute Gasteiger partial charge is 0.270 e. The van der Waals surface area contributed by atoms with Crippen molar-refractivity contribution in [1.29, 1.82) is 0 Å². The first-order valence-corrected chi connectivity index (χ1v) is 5.14. The Morgan fingerprint density at radius 1 is 1.50 bits per heavy atom. The standard InChI is InChI=1S/C11H16N2O3/c1-7(2)5-10(12)9-6-8(13(15)16)3-4-11(9)14/h3-4,6-7,10,14H,5,12H2,1-2H3/t10-/m1/s1. The molecule has 0 radical (unpaired) electrons. The van der Waals surface area contributed by atoms with Crippen LogP contribution >= 0.6 is 0 Å². The fourth-order valence-electron chi connectivity index (χ4n) is 1.59. The molecule has 0 bridgehead atoms. The van der Waals surface area contributed by atoms with E-state index in [1.165, 1.54) is 18.2 Å². The van der Waals surface area contributed by atoms with E-state index < -0.39 is 4.92 Å². The highest BCUT2D eigenvalue weighted by molar-refractivity contribution is 5.44. The normalized spacial score (nSPS) is 12.8. The molecule has 3 N–H and O–H groups in total. The molecule has 0 aromatic heterocycles. The Kier molecular flexibility index (Phi) is 3.84. The van der Waals surface area contributed by atoms with E-state index in [1.807, 2.05) is 13.8 Å². The molecule has 0 aliphatic heterocycles. The SMILES string of the molecule is CC(C)C[C@@H](N)c1cc([N+](=O)[O-])ccc1O. The molecule has 5 heteroatoms. The number of hydrogen-bond acceptors (Lipinski definition) is 4. The quantitative estimate of drug-likeness (QED) is 0.606. The van der Waals surface area contributed by atoms with Crippen molar-refractivity contribution in [2.75, 3.05) is 0 Å². The topological polar surface area (TPSA) is 89.4 Å². The summed E-state index contributed by atoms with van der Waals surface area (Å²) in [4.78, 5) is 10.1. The third-order valence-corrected chi connectivity index (χ3v) is 2.35. The van der Waals surface area contributed by atoms with Crippen LogP contribution in [0.1, 0.15) is 31.9 Å². The first-order valence-electron chi connectivity index (χ1n) is 5.14. The highest BCUT2D eigenvalue weighted by Crippen LogP contribution is 2.30. The molecule has 0 heterocycles. The van der Waals surface area contributed by atoms with Gasteiger partial charge in [-0.2, -0.15) is 0 Å². The molecule has 0 unspecified atom stereocenters. The van der Waals surface area contributed by atoms with Gasteiger partial charge in [-0.15, -0.1) is 0 Å². The number of rotatable bonds is 4. The summed E-state index contributed by atoms with van der Waals surface area (Å²) in [5.74, 6) is 0.382. The summed E-state index contributed by atoms with van der Waals surface area (Å²) in [6.07, 6.45) is 0.675. The van der Waals surface area contributed by atoms with Gasteiger partial charge in [0.25, 0.3) is 5.69 Å². The van der Waals surface area contributed by atoms with Gasteiger partial charge in [-0.3, -0.25) is 10.1 Å². The summed E-state index contributed by atoms with van der Waals surface area (Å²) >= 11 is 0. The molecule has 0 spiro atoms. The summed E-state index contributed by atoms with van der Waals surface area (Å²) in [6.45, 7) is 4.02. The summed E-state index contributed by atoms with van der Waals surface area (Å²) in [6, 6.07) is 3.54. The number of aromatic hydroxyl groups is 1. The molecule has 0 aliphatic carbocycles. The van der Waals surface area contributed by atoms with Crippen LogP contribution in [0.2, 0.25) is 0 Å². The number of nitrogens with zero attached hydrogens (tertiary/aromatic N) is 1. The van der Waals surface area contributed by atoms with E-state index in [2.05, 4.69) is 0 Å². The molecular weight excluding hydrogens is 208 g/mol. The molecule has 88 valence electrons. The summed E-state index contributed by atoms with van der Waals surface area (Å²) in [5.41, 5.74) is 6.27. The average Bonchev–Trinajstić information content (AvgIpc) is 2.16. The zero-order chi connectivity index (χ0) is 12.3. The van der Waals surface area contributed by atoms with Gasteiger partial charge in [0.05, 0.1) is 4.92 Å².